The Hall–Kier alpha value is -2.29. The van der Waals surface area contributed by atoms with Gasteiger partial charge in [0, 0.05) is 30.2 Å². The minimum Gasteiger partial charge on any atom is -0.493 e. The van der Waals surface area contributed by atoms with E-state index in [-0.39, 0.29) is 10.3 Å². The van der Waals surface area contributed by atoms with Crippen molar-refractivity contribution in [2.45, 2.75) is 51.0 Å². The van der Waals surface area contributed by atoms with Gasteiger partial charge >= 0.3 is 6.03 Å². The fraction of sp³-hybridized carbons (Fsp3) is 0.519. The third-order valence-electron chi connectivity index (χ3n) is 7.31. The van der Waals surface area contributed by atoms with Gasteiger partial charge in [0.1, 0.15) is 5.75 Å². The predicted octanol–water partition coefficient (Wildman–Crippen LogP) is 5.15. The molecule has 9 heteroatoms. The van der Waals surface area contributed by atoms with E-state index in [9.17, 15) is 13.2 Å². The number of carbonyl (C=O) groups excluding carboxylic acids is 1. The van der Waals surface area contributed by atoms with Crippen molar-refractivity contribution in [3.63, 3.8) is 0 Å². The number of urea groups is 1. The molecule has 0 bridgehead atoms. The molecule has 0 aliphatic carbocycles. The van der Waals surface area contributed by atoms with E-state index in [0.717, 1.165) is 51.1 Å². The van der Waals surface area contributed by atoms with Crippen molar-refractivity contribution in [1.29, 1.82) is 0 Å². The molecule has 4 rings (SSSR count). The van der Waals surface area contributed by atoms with Gasteiger partial charge in [0.05, 0.1) is 11.5 Å². The van der Waals surface area contributed by atoms with Crippen molar-refractivity contribution >= 4 is 27.7 Å². The molecule has 2 aromatic rings. The zero-order valence-corrected chi connectivity index (χ0v) is 22.7. The first-order valence-corrected chi connectivity index (χ1v) is 14.5. The average Bonchev–Trinajstić information content (AvgIpc) is 2.85. The number of nitrogens with one attached hydrogen (secondary N) is 1. The maximum absolute atomic E-state index is 12.7. The minimum absolute atomic E-state index is 0.0253. The Morgan fingerprint density at radius 3 is 2.25 bits per heavy atom. The smallest absolute Gasteiger partial charge is 0.331 e. The SMILES string of the molecule is CC(C)COc1ccccc1CN1CCC2(CC1)CCN(C(=O)NS(=O)(=O)c1ccc(Cl)cc1)CC2. The van der Waals surface area contributed by atoms with Gasteiger partial charge < -0.3 is 9.64 Å². The summed E-state index contributed by atoms with van der Waals surface area (Å²) in [5.74, 6) is 1.46. The molecule has 2 amide bonds. The molecule has 0 atom stereocenters. The molecule has 1 N–H and O–H groups in total. The van der Waals surface area contributed by atoms with Gasteiger partial charge in [0.15, 0.2) is 0 Å². The summed E-state index contributed by atoms with van der Waals surface area (Å²) < 4.78 is 33.4. The molecule has 2 heterocycles. The fourth-order valence-corrected chi connectivity index (χ4v) is 6.09. The molecule has 2 aliphatic heterocycles. The van der Waals surface area contributed by atoms with Crippen LogP contribution in [0.1, 0.15) is 45.1 Å². The topological polar surface area (TPSA) is 79.0 Å². The van der Waals surface area contributed by atoms with Crippen molar-refractivity contribution in [2.24, 2.45) is 11.3 Å². The van der Waals surface area contributed by atoms with Crippen LogP contribution < -0.4 is 9.46 Å². The van der Waals surface area contributed by atoms with E-state index in [4.69, 9.17) is 16.3 Å². The van der Waals surface area contributed by atoms with E-state index < -0.39 is 16.1 Å². The molecule has 0 radical (unpaired) electrons. The van der Waals surface area contributed by atoms with Crippen LogP contribution in [0, 0.1) is 11.3 Å². The lowest BCUT2D eigenvalue weighted by Gasteiger charge is -2.46. The summed E-state index contributed by atoms with van der Waals surface area (Å²) in [5.41, 5.74) is 1.44. The molecule has 2 saturated heterocycles. The Balaban J connectivity index is 1.27. The van der Waals surface area contributed by atoms with E-state index in [1.165, 1.54) is 29.8 Å². The molecule has 0 aromatic heterocycles. The van der Waals surface area contributed by atoms with Crippen molar-refractivity contribution in [1.82, 2.24) is 14.5 Å². The highest BCUT2D eigenvalue weighted by molar-refractivity contribution is 7.90. The first-order chi connectivity index (χ1) is 17.2. The zero-order valence-electron chi connectivity index (χ0n) is 21.1. The van der Waals surface area contributed by atoms with Gasteiger partial charge in [-0.3, -0.25) is 4.90 Å². The third-order valence-corrected chi connectivity index (χ3v) is 8.90. The van der Waals surface area contributed by atoms with Crippen LogP contribution in [0.3, 0.4) is 0 Å². The normalized spacial score (nSPS) is 18.4. The molecule has 196 valence electrons. The lowest BCUT2D eigenvalue weighted by atomic mass is 9.71. The van der Waals surface area contributed by atoms with E-state index in [2.05, 4.69) is 41.7 Å². The van der Waals surface area contributed by atoms with E-state index in [1.54, 1.807) is 4.90 Å². The third kappa shape index (κ3) is 6.72. The number of benzene rings is 2. The number of ether oxygens (including phenoxy) is 1. The van der Waals surface area contributed by atoms with Crippen molar-refractivity contribution in [3.05, 3.63) is 59.1 Å². The van der Waals surface area contributed by atoms with Crippen LogP contribution in [-0.4, -0.2) is 57.0 Å². The number of hydrogen-bond donors (Lipinski definition) is 1. The molecule has 36 heavy (non-hydrogen) atoms. The maximum atomic E-state index is 12.7. The quantitative estimate of drug-likeness (QED) is 0.532. The summed E-state index contributed by atoms with van der Waals surface area (Å²) in [7, 11) is -3.93. The van der Waals surface area contributed by atoms with E-state index in [0.29, 0.717) is 30.6 Å². The number of piperidine rings is 2. The highest BCUT2D eigenvalue weighted by atomic mass is 35.5. The van der Waals surface area contributed by atoms with Gasteiger partial charge in [-0.15, -0.1) is 0 Å². The Kier molecular flexibility index (Phi) is 8.48. The van der Waals surface area contributed by atoms with Gasteiger partial charge in [-0.05, 0) is 80.4 Å². The number of para-hydroxylation sites is 1. The summed E-state index contributed by atoms with van der Waals surface area (Å²) in [6, 6.07) is 13.5. The number of sulfonamides is 1. The van der Waals surface area contributed by atoms with Crippen LogP contribution in [0.15, 0.2) is 53.4 Å². The van der Waals surface area contributed by atoms with E-state index in [1.807, 2.05) is 6.07 Å². The highest BCUT2D eigenvalue weighted by Gasteiger charge is 2.39. The van der Waals surface area contributed by atoms with Crippen molar-refractivity contribution < 1.29 is 17.9 Å². The molecule has 1 spiro atoms. The Labute approximate surface area is 219 Å². The van der Waals surface area contributed by atoms with Crippen LogP contribution in [0.5, 0.6) is 5.75 Å². The summed E-state index contributed by atoms with van der Waals surface area (Å²) in [4.78, 5) is 16.8. The first-order valence-electron chi connectivity index (χ1n) is 12.7. The lowest BCUT2D eigenvalue weighted by Crippen LogP contribution is -2.51. The van der Waals surface area contributed by atoms with Gasteiger partial charge in [-0.2, -0.15) is 0 Å². The molecule has 0 unspecified atom stereocenters. The molecule has 2 aliphatic rings. The second-order valence-corrected chi connectivity index (χ2v) is 12.6. The number of halogens is 1. The number of hydrogen-bond acceptors (Lipinski definition) is 5. The molecule has 7 nitrogen and oxygen atoms in total. The first kappa shape index (κ1) is 26.8. The molecular weight excluding hydrogens is 498 g/mol. The lowest BCUT2D eigenvalue weighted by molar-refractivity contribution is 0.0428. The Morgan fingerprint density at radius 1 is 1.00 bits per heavy atom. The summed E-state index contributed by atoms with van der Waals surface area (Å²) in [6.45, 7) is 9.04. The van der Waals surface area contributed by atoms with Gasteiger partial charge in [-0.1, -0.05) is 43.6 Å². The second-order valence-electron chi connectivity index (χ2n) is 10.4. The van der Waals surface area contributed by atoms with Crippen LogP contribution in [0.4, 0.5) is 4.79 Å². The molecule has 2 fully saturated rings. The number of rotatable bonds is 7. The average molecular weight is 534 g/mol. The van der Waals surface area contributed by atoms with Gasteiger partial charge in [0.2, 0.25) is 0 Å². The highest BCUT2D eigenvalue weighted by Crippen LogP contribution is 2.41. The van der Waals surface area contributed by atoms with Crippen LogP contribution in [0.25, 0.3) is 0 Å². The summed E-state index contributed by atoms with van der Waals surface area (Å²) in [5, 5.41) is 0.441. The summed E-state index contributed by atoms with van der Waals surface area (Å²) >= 11 is 5.84. The van der Waals surface area contributed by atoms with Crippen LogP contribution in [-0.2, 0) is 16.6 Å². The molecule has 0 saturated carbocycles. The number of carbonyl (C=O) groups is 1. The van der Waals surface area contributed by atoms with Crippen molar-refractivity contribution in [3.8, 4) is 5.75 Å². The van der Waals surface area contributed by atoms with Crippen LogP contribution in [0.2, 0.25) is 5.02 Å². The Bertz CT molecular complexity index is 1140. The van der Waals surface area contributed by atoms with Gasteiger partial charge in [0.25, 0.3) is 10.0 Å². The largest absolute Gasteiger partial charge is 0.493 e. The second kappa shape index (κ2) is 11.4. The number of nitrogens with zero attached hydrogens (tertiary/aromatic N) is 2. The predicted molar refractivity (Wildman–Crippen MR) is 142 cm³/mol. The standard InChI is InChI=1S/C27H36ClN3O4S/c1-21(2)20-35-25-6-4-3-5-22(25)19-30-15-11-27(12-16-30)13-17-31(18-14-27)26(32)29-36(33,34)24-9-7-23(28)8-10-24/h3-10,21H,11-20H2,1-2H3,(H,29,32). The maximum Gasteiger partial charge on any atom is 0.331 e. The minimum atomic E-state index is -3.93. The zero-order chi connectivity index (χ0) is 25.8. The van der Waals surface area contributed by atoms with Crippen LogP contribution >= 0.6 is 11.6 Å². The molecule has 2 aromatic carbocycles. The number of amides is 2. The van der Waals surface area contributed by atoms with Crippen molar-refractivity contribution in [2.75, 3.05) is 32.8 Å². The summed E-state index contributed by atoms with van der Waals surface area (Å²) in [6.07, 6.45) is 3.95. The monoisotopic (exact) mass is 533 g/mol. The number of likely N-dealkylation sites (tertiary alicyclic amines) is 2. The van der Waals surface area contributed by atoms with E-state index >= 15 is 0 Å². The Morgan fingerprint density at radius 2 is 1.61 bits per heavy atom. The fourth-order valence-electron chi connectivity index (χ4n) is 4.99. The van der Waals surface area contributed by atoms with Gasteiger partial charge in [-0.25, -0.2) is 17.9 Å². The molecular formula is C27H36ClN3O4S.